The predicted molar refractivity (Wildman–Crippen MR) is 130 cm³/mol. The predicted octanol–water partition coefficient (Wildman–Crippen LogP) is 3.46. The largest absolute Gasteiger partial charge is 0.376 e. The molecule has 2 aliphatic heterocycles. The highest BCUT2D eigenvalue weighted by Gasteiger charge is 2.35. The molecule has 2 atom stereocenters. The van der Waals surface area contributed by atoms with Crippen LogP contribution in [0.3, 0.4) is 0 Å². The highest BCUT2D eigenvalue weighted by Crippen LogP contribution is 2.38. The lowest BCUT2D eigenvalue weighted by atomic mass is 9.99. The Bertz CT molecular complexity index is 1420. The van der Waals surface area contributed by atoms with E-state index in [0.717, 1.165) is 60.1 Å². The maximum atomic E-state index is 13.6. The Morgan fingerprint density at radius 3 is 2.88 bits per heavy atom. The first-order chi connectivity index (χ1) is 16.6. The maximum Gasteiger partial charge on any atom is 0.254 e. The maximum absolute atomic E-state index is 13.6. The zero-order valence-electron chi connectivity index (χ0n) is 19.5. The molecule has 34 heavy (non-hydrogen) atoms. The van der Waals surface area contributed by atoms with Crippen LogP contribution in [-0.4, -0.2) is 44.4 Å². The Hall–Kier alpha value is -3.52. The van der Waals surface area contributed by atoms with Crippen molar-refractivity contribution in [1.82, 2.24) is 25.2 Å². The van der Waals surface area contributed by atoms with Crippen molar-refractivity contribution in [2.75, 3.05) is 18.1 Å². The minimum absolute atomic E-state index is 0.0912. The van der Waals surface area contributed by atoms with Gasteiger partial charge >= 0.3 is 0 Å². The lowest BCUT2D eigenvalue weighted by molar-refractivity contribution is 0.0924. The normalized spacial score (nSPS) is 18.5. The number of hydrogen-bond donors (Lipinski definition) is 1. The van der Waals surface area contributed by atoms with E-state index >= 15 is 0 Å². The molecule has 6 rings (SSSR count). The average Bonchev–Trinajstić information content (AvgIpc) is 3.60. The Labute approximate surface area is 197 Å². The molecule has 0 unspecified atom stereocenters. The summed E-state index contributed by atoms with van der Waals surface area (Å²) >= 11 is 0. The summed E-state index contributed by atoms with van der Waals surface area (Å²) in [6, 6.07) is 14.1. The van der Waals surface area contributed by atoms with Gasteiger partial charge in [-0.1, -0.05) is 30.3 Å². The van der Waals surface area contributed by atoms with Crippen molar-refractivity contribution in [2.45, 2.75) is 51.8 Å². The lowest BCUT2D eigenvalue weighted by Crippen LogP contribution is -2.35. The smallest absolute Gasteiger partial charge is 0.254 e. The summed E-state index contributed by atoms with van der Waals surface area (Å²) in [5, 5.41) is 13.9. The monoisotopic (exact) mass is 456 g/mol. The Balaban J connectivity index is 1.54. The number of ether oxygens (including phenoxy) is 1. The van der Waals surface area contributed by atoms with Crippen molar-refractivity contribution in [3.05, 3.63) is 80.9 Å². The molecule has 1 N–H and O–H groups in total. The van der Waals surface area contributed by atoms with Crippen molar-refractivity contribution in [1.29, 1.82) is 0 Å². The summed E-state index contributed by atoms with van der Waals surface area (Å²) in [6.07, 6.45) is 3.05. The molecule has 8 nitrogen and oxygen atoms in total. The second kappa shape index (κ2) is 8.36. The fourth-order valence-electron chi connectivity index (χ4n) is 5.39. The van der Waals surface area contributed by atoms with Gasteiger partial charge in [0.2, 0.25) is 0 Å². The van der Waals surface area contributed by atoms with E-state index in [2.05, 4.69) is 56.6 Å². The molecule has 174 valence electrons. The fourth-order valence-corrected chi connectivity index (χ4v) is 5.39. The molecule has 0 aliphatic carbocycles. The van der Waals surface area contributed by atoms with Crippen molar-refractivity contribution in [2.24, 2.45) is 0 Å². The Morgan fingerprint density at radius 2 is 2.03 bits per heavy atom. The first-order valence-electron chi connectivity index (χ1n) is 12.0. The number of nitrogens with zero attached hydrogens (tertiary/aromatic N) is 5. The van der Waals surface area contributed by atoms with E-state index in [1.165, 1.54) is 5.56 Å². The molecule has 4 aromatic rings. The standard InChI is InChI=1S/C26H28N6O2/c1-16-9-10-17(2)23-20(16)14-21(26(33)27-23)24(31-12-11-18-6-3-4-8-22(18)31)25-28-29-30-32(25)15-19-7-5-13-34-19/h3-4,6,8-10,14,19,24H,5,7,11-13,15H2,1-2H3,(H,27,33)/t19-,24-/m1/s1. The van der Waals surface area contributed by atoms with Crippen LogP contribution in [0.5, 0.6) is 0 Å². The number of hydrogen-bond acceptors (Lipinski definition) is 6. The molecule has 2 aromatic carbocycles. The molecule has 0 bridgehead atoms. The van der Waals surface area contributed by atoms with Crippen molar-refractivity contribution in [3.8, 4) is 0 Å². The number of aryl methyl sites for hydroxylation is 2. The first-order valence-corrected chi connectivity index (χ1v) is 12.0. The summed E-state index contributed by atoms with van der Waals surface area (Å²) in [7, 11) is 0. The molecule has 8 heteroatoms. The van der Waals surface area contributed by atoms with Gasteiger partial charge in [-0.3, -0.25) is 4.79 Å². The molecule has 2 aromatic heterocycles. The van der Waals surface area contributed by atoms with E-state index in [4.69, 9.17) is 4.74 Å². The van der Waals surface area contributed by atoms with Crippen LogP contribution in [0.25, 0.3) is 10.9 Å². The summed E-state index contributed by atoms with van der Waals surface area (Å²) in [4.78, 5) is 19.0. The first kappa shape index (κ1) is 21.0. The van der Waals surface area contributed by atoms with Crippen molar-refractivity contribution in [3.63, 3.8) is 0 Å². The number of rotatable bonds is 5. The molecule has 1 fully saturated rings. The third kappa shape index (κ3) is 3.49. The quantitative estimate of drug-likeness (QED) is 0.495. The molecular formula is C26H28N6O2. The molecule has 0 saturated carbocycles. The molecule has 2 aliphatic rings. The number of fused-ring (bicyclic) bond motifs is 2. The number of para-hydroxylation sites is 1. The van der Waals surface area contributed by atoms with Gasteiger partial charge in [0.1, 0.15) is 6.04 Å². The van der Waals surface area contributed by atoms with E-state index in [9.17, 15) is 4.79 Å². The number of pyridine rings is 1. The van der Waals surface area contributed by atoms with Gasteiger partial charge in [0.05, 0.1) is 18.2 Å². The van der Waals surface area contributed by atoms with Gasteiger partial charge in [0, 0.05) is 29.8 Å². The zero-order chi connectivity index (χ0) is 23.2. The number of benzene rings is 2. The molecular weight excluding hydrogens is 428 g/mol. The van der Waals surface area contributed by atoms with Crippen LogP contribution < -0.4 is 10.5 Å². The van der Waals surface area contributed by atoms with Gasteiger partial charge in [-0.2, -0.15) is 0 Å². The van der Waals surface area contributed by atoms with Crippen LogP contribution in [0, 0.1) is 13.8 Å². The van der Waals surface area contributed by atoms with Gasteiger partial charge in [-0.05, 0) is 72.4 Å². The van der Waals surface area contributed by atoms with Crippen LogP contribution >= 0.6 is 0 Å². The summed E-state index contributed by atoms with van der Waals surface area (Å²) in [5.74, 6) is 0.669. The second-order valence-electron chi connectivity index (χ2n) is 9.37. The van der Waals surface area contributed by atoms with Gasteiger partial charge in [-0.25, -0.2) is 4.68 Å². The van der Waals surface area contributed by atoms with Crippen LogP contribution in [-0.2, 0) is 17.7 Å². The van der Waals surface area contributed by atoms with E-state index in [1.807, 2.05) is 29.8 Å². The van der Waals surface area contributed by atoms with Crippen LogP contribution in [0.1, 0.15) is 47.0 Å². The third-order valence-electron chi connectivity index (χ3n) is 7.21. The summed E-state index contributed by atoms with van der Waals surface area (Å²) in [5.41, 5.74) is 6.00. The Kier molecular flexibility index (Phi) is 5.17. The number of H-pyrrole nitrogens is 1. The van der Waals surface area contributed by atoms with Crippen LogP contribution in [0.15, 0.2) is 47.3 Å². The van der Waals surface area contributed by atoms with E-state index in [-0.39, 0.29) is 11.7 Å². The van der Waals surface area contributed by atoms with Crippen molar-refractivity contribution < 1.29 is 4.74 Å². The highest BCUT2D eigenvalue weighted by molar-refractivity contribution is 5.85. The van der Waals surface area contributed by atoms with E-state index in [1.54, 1.807) is 0 Å². The van der Waals surface area contributed by atoms with Gasteiger partial charge in [0.15, 0.2) is 5.82 Å². The average molecular weight is 457 g/mol. The van der Waals surface area contributed by atoms with Gasteiger partial charge < -0.3 is 14.6 Å². The Morgan fingerprint density at radius 1 is 1.18 bits per heavy atom. The van der Waals surface area contributed by atoms with Gasteiger partial charge in [-0.15, -0.1) is 5.10 Å². The van der Waals surface area contributed by atoms with Gasteiger partial charge in [0.25, 0.3) is 5.56 Å². The van der Waals surface area contributed by atoms with E-state index < -0.39 is 6.04 Å². The third-order valence-corrected chi connectivity index (χ3v) is 7.21. The minimum atomic E-state index is -0.409. The number of tetrazole rings is 1. The number of aromatic amines is 1. The molecule has 1 saturated heterocycles. The lowest BCUT2D eigenvalue weighted by Gasteiger charge is -2.30. The fraction of sp³-hybridized carbons (Fsp3) is 0.385. The van der Waals surface area contributed by atoms with Crippen molar-refractivity contribution >= 4 is 16.6 Å². The summed E-state index contributed by atoms with van der Waals surface area (Å²) in [6.45, 7) is 6.24. The second-order valence-corrected chi connectivity index (χ2v) is 9.37. The highest BCUT2D eigenvalue weighted by atomic mass is 16.5. The molecule has 0 spiro atoms. The topological polar surface area (TPSA) is 88.9 Å². The minimum Gasteiger partial charge on any atom is -0.376 e. The summed E-state index contributed by atoms with van der Waals surface area (Å²) < 4.78 is 7.69. The van der Waals surface area contributed by atoms with E-state index in [0.29, 0.717) is 17.9 Å². The number of anilines is 1. The molecule has 0 radical (unpaired) electrons. The van der Waals surface area contributed by atoms with Crippen LogP contribution in [0.4, 0.5) is 5.69 Å². The van der Waals surface area contributed by atoms with Crippen LogP contribution in [0.2, 0.25) is 0 Å². The zero-order valence-corrected chi connectivity index (χ0v) is 19.5. The molecule has 0 amide bonds. The SMILES string of the molecule is Cc1ccc(C)c2[nH]c(=O)c([C@H](c3nnnn3C[C@H]3CCCO3)N3CCc4ccccc43)cc12. The molecule has 4 heterocycles. The number of nitrogens with one attached hydrogen (secondary N) is 1. The number of aromatic nitrogens is 5.